The standard InChI is InChI=1S/C31H47NO6/c1-22(2)9-7-12-30(6)25-20-31(13-15-32(16-14-31)28(34)38-29(3,4)5)21-36-27(25)24-11-10-23(19-26(24)37-30)35-18-8-17-33/h9-11,19,25,27,33H,7-8,12-18,20-21H2,1-6H3/t25-,27+,30-/m0/s1. The number of hydrogen-bond acceptors (Lipinski definition) is 6. The van der Waals surface area contributed by atoms with Crippen molar-refractivity contribution < 1.29 is 28.8 Å². The van der Waals surface area contributed by atoms with E-state index in [1.165, 1.54) is 5.57 Å². The van der Waals surface area contributed by atoms with Gasteiger partial charge in [0.1, 0.15) is 22.7 Å². The number of rotatable bonds is 7. The van der Waals surface area contributed by atoms with Crippen molar-refractivity contribution in [2.24, 2.45) is 11.3 Å². The molecule has 0 bridgehead atoms. The van der Waals surface area contributed by atoms with Crippen molar-refractivity contribution in [3.8, 4) is 11.5 Å². The Labute approximate surface area is 228 Å². The van der Waals surface area contributed by atoms with E-state index in [0.29, 0.717) is 32.7 Å². The van der Waals surface area contributed by atoms with Gasteiger partial charge in [-0.3, -0.25) is 0 Å². The zero-order valence-corrected chi connectivity index (χ0v) is 24.2. The quantitative estimate of drug-likeness (QED) is 0.324. The molecule has 2 fully saturated rings. The van der Waals surface area contributed by atoms with Gasteiger partial charge in [0, 0.05) is 43.7 Å². The molecule has 0 aliphatic carbocycles. The molecule has 1 aromatic rings. The molecule has 0 saturated carbocycles. The topological polar surface area (TPSA) is 77.5 Å². The van der Waals surface area contributed by atoms with Crippen molar-refractivity contribution in [3.63, 3.8) is 0 Å². The van der Waals surface area contributed by atoms with E-state index in [2.05, 4.69) is 32.9 Å². The second-order valence-corrected chi connectivity index (χ2v) is 12.9. The fourth-order valence-corrected chi connectivity index (χ4v) is 6.09. The van der Waals surface area contributed by atoms with Crippen LogP contribution in [0.5, 0.6) is 11.5 Å². The summed E-state index contributed by atoms with van der Waals surface area (Å²) in [5.41, 5.74) is 1.56. The minimum atomic E-state index is -0.489. The number of amides is 1. The summed E-state index contributed by atoms with van der Waals surface area (Å²) >= 11 is 0. The molecule has 1 aromatic carbocycles. The Kier molecular flexibility index (Phi) is 8.68. The van der Waals surface area contributed by atoms with Crippen molar-refractivity contribution >= 4 is 6.09 Å². The SMILES string of the molecule is CC(C)=CCC[C@]1(C)Oc2cc(OCCCO)ccc2[C@H]2OCC3(CCN(C(=O)OC(C)(C)C)CC3)C[C@@H]21. The highest BCUT2D eigenvalue weighted by Crippen LogP contribution is 2.57. The molecule has 4 rings (SSSR count). The lowest BCUT2D eigenvalue weighted by atomic mass is 9.63. The molecule has 3 atom stereocenters. The van der Waals surface area contributed by atoms with Crippen LogP contribution >= 0.6 is 0 Å². The summed E-state index contributed by atoms with van der Waals surface area (Å²) in [6, 6.07) is 6.05. The van der Waals surface area contributed by atoms with Crippen LogP contribution in [-0.2, 0) is 9.47 Å². The van der Waals surface area contributed by atoms with E-state index in [0.717, 1.165) is 49.2 Å². The van der Waals surface area contributed by atoms with E-state index < -0.39 is 5.60 Å². The molecule has 0 radical (unpaired) electrons. The molecular formula is C31H47NO6. The van der Waals surface area contributed by atoms with E-state index in [1.807, 2.05) is 37.8 Å². The van der Waals surface area contributed by atoms with Gasteiger partial charge >= 0.3 is 6.09 Å². The number of nitrogens with zero attached hydrogens (tertiary/aromatic N) is 1. The maximum atomic E-state index is 12.7. The molecule has 212 valence electrons. The Morgan fingerprint density at radius 3 is 2.63 bits per heavy atom. The van der Waals surface area contributed by atoms with Crippen LogP contribution in [0.2, 0.25) is 0 Å². The van der Waals surface area contributed by atoms with Gasteiger partial charge in [0.15, 0.2) is 0 Å². The monoisotopic (exact) mass is 529 g/mol. The molecular weight excluding hydrogens is 482 g/mol. The van der Waals surface area contributed by atoms with Crippen LogP contribution in [0.3, 0.4) is 0 Å². The summed E-state index contributed by atoms with van der Waals surface area (Å²) in [6.45, 7) is 14.9. The van der Waals surface area contributed by atoms with Gasteiger partial charge < -0.3 is 29.0 Å². The number of allylic oxidation sites excluding steroid dienone is 2. The Balaban J connectivity index is 1.53. The van der Waals surface area contributed by atoms with Gasteiger partial charge in [-0.2, -0.15) is 0 Å². The first-order valence-electron chi connectivity index (χ1n) is 14.2. The summed E-state index contributed by atoms with van der Waals surface area (Å²) < 4.78 is 25.0. The number of hydrogen-bond donors (Lipinski definition) is 1. The molecule has 3 heterocycles. The Bertz CT molecular complexity index is 1000. The van der Waals surface area contributed by atoms with Crippen molar-refractivity contribution in [1.82, 2.24) is 4.90 Å². The number of aliphatic hydroxyl groups is 1. The van der Waals surface area contributed by atoms with Crippen LogP contribution in [0.4, 0.5) is 4.79 Å². The van der Waals surface area contributed by atoms with E-state index >= 15 is 0 Å². The zero-order valence-electron chi connectivity index (χ0n) is 24.2. The van der Waals surface area contributed by atoms with Crippen LogP contribution in [0.15, 0.2) is 29.8 Å². The molecule has 3 aliphatic heterocycles. The first kappa shape index (κ1) is 28.8. The van der Waals surface area contributed by atoms with E-state index in [4.69, 9.17) is 24.1 Å². The summed E-state index contributed by atoms with van der Waals surface area (Å²) in [5.74, 6) is 1.80. The zero-order chi connectivity index (χ0) is 27.6. The van der Waals surface area contributed by atoms with Gasteiger partial charge in [-0.05, 0) is 91.2 Å². The van der Waals surface area contributed by atoms with Gasteiger partial charge in [0.2, 0.25) is 0 Å². The number of likely N-dealkylation sites (tertiary alicyclic amines) is 1. The highest BCUT2D eigenvalue weighted by molar-refractivity contribution is 5.68. The lowest BCUT2D eigenvalue weighted by molar-refractivity contribution is -0.179. The smallest absolute Gasteiger partial charge is 0.410 e. The number of carbonyl (C=O) groups is 1. The van der Waals surface area contributed by atoms with Crippen LogP contribution in [0.25, 0.3) is 0 Å². The number of fused-ring (bicyclic) bond motifs is 3. The predicted molar refractivity (Wildman–Crippen MR) is 148 cm³/mol. The summed E-state index contributed by atoms with van der Waals surface area (Å²) in [5, 5.41) is 9.10. The van der Waals surface area contributed by atoms with E-state index in [9.17, 15) is 4.79 Å². The lowest BCUT2D eigenvalue weighted by Crippen LogP contribution is -2.56. The maximum absolute atomic E-state index is 12.7. The first-order chi connectivity index (χ1) is 17.9. The Morgan fingerprint density at radius 1 is 1.24 bits per heavy atom. The second-order valence-electron chi connectivity index (χ2n) is 12.9. The van der Waals surface area contributed by atoms with Crippen molar-refractivity contribution in [2.75, 3.05) is 32.9 Å². The van der Waals surface area contributed by atoms with E-state index in [1.54, 1.807) is 0 Å². The summed E-state index contributed by atoms with van der Waals surface area (Å²) in [7, 11) is 0. The van der Waals surface area contributed by atoms with Crippen molar-refractivity contribution in [1.29, 1.82) is 0 Å². The molecule has 0 aromatic heterocycles. The average molecular weight is 530 g/mol. The fraction of sp³-hybridized carbons (Fsp3) is 0.710. The molecule has 1 N–H and O–H groups in total. The van der Waals surface area contributed by atoms with Gasteiger partial charge in [-0.25, -0.2) is 4.79 Å². The number of carbonyl (C=O) groups excluding carboxylic acids is 1. The molecule has 1 spiro atoms. The van der Waals surface area contributed by atoms with Gasteiger partial charge in [-0.1, -0.05) is 11.6 Å². The first-order valence-corrected chi connectivity index (χ1v) is 14.2. The molecule has 1 amide bonds. The van der Waals surface area contributed by atoms with Crippen molar-refractivity contribution in [3.05, 3.63) is 35.4 Å². The molecule has 38 heavy (non-hydrogen) atoms. The van der Waals surface area contributed by atoms with Gasteiger partial charge in [0.25, 0.3) is 0 Å². The minimum absolute atomic E-state index is 0.0311. The molecule has 0 unspecified atom stereocenters. The van der Waals surface area contributed by atoms with Crippen LogP contribution in [0, 0.1) is 11.3 Å². The minimum Gasteiger partial charge on any atom is -0.493 e. The Hall–Kier alpha value is -2.25. The van der Waals surface area contributed by atoms with Gasteiger partial charge in [0.05, 0.1) is 19.3 Å². The highest BCUT2D eigenvalue weighted by atomic mass is 16.6. The number of benzene rings is 1. The fourth-order valence-electron chi connectivity index (χ4n) is 6.09. The molecule has 3 aliphatic rings. The molecule has 2 saturated heterocycles. The van der Waals surface area contributed by atoms with Gasteiger partial charge in [-0.15, -0.1) is 0 Å². The third-order valence-electron chi connectivity index (χ3n) is 8.25. The number of ether oxygens (including phenoxy) is 4. The predicted octanol–water partition coefficient (Wildman–Crippen LogP) is 6.44. The average Bonchev–Trinajstić information content (AvgIpc) is 2.83. The van der Waals surface area contributed by atoms with Crippen LogP contribution < -0.4 is 9.47 Å². The third kappa shape index (κ3) is 6.66. The molecule has 7 heteroatoms. The second kappa shape index (κ2) is 11.5. The number of aliphatic hydroxyl groups excluding tert-OH is 1. The number of piperidine rings is 1. The van der Waals surface area contributed by atoms with Crippen LogP contribution in [-0.4, -0.2) is 60.2 Å². The van der Waals surface area contributed by atoms with Crippen molar-refractivity contribution in [2.45, 2.75) is 97.4 Å². The van der Waals surface area contributed by atoms with E-state index in [-0.39, 0.29) is 35.7 Å². The largest absolute Gasteiger partial charge is 0.493 e. The third-order valence-corrected chi connectivity index (χ3v) is 8.25. The van der Waals surface area contributed by atoms with Crippen LogP contribution in [0.1, 0.15) is 91.7 Å². The summed E-state index contributed by atoms with van der Waals surface area (Å²) in [6.07, 6.45) is 7.30. The molecule has 7 nitrogen and oxygen atoms in total. The normalized spacial score (nSPS) is 26.1. The highest BCUT2D eigenvalue weighted by Gasteiger charge is 2.54. The maximum Gasteiger partial charge on any atom is 0.410 e. The lowest BCUT2D eigenvalue weighted by Gasteiger charge is -2.55. The summed E-state index contributed by atoms with van der Waals surface area (Å²) in [4.78, 5) is 14.5. The Morgan fingerprint density at radius 2 is 1.97 bits per heavy atom.